The third-order valence-corrected chi connectivity index (χ3v) is 4.67. The fraction of sp³-hybridized carbons (Fsp3) is 0.130. The molecule has 3 aromatic carbocycles. The minimum Gasteiger partial charge on any atom is -0.482 e. The monoisotopic (exact) mass is 372 g/mol. The average molecular weight is 372 g/mol. The van der Waals surface area contributed by atoms with Gasteiger partial charge in [-0.25, -0.2) is 0 Å². The van der Waals surface area contributed by atoms with Crippen LogP contribution in [0.2, 0.25) is 0 Å². The van der Waals surface area contributed by atoms with Gasteiger partial charge in [0, 0.05) is 11.3 Å². The maximum Gasteiger partial charge on any atom is 0.265 e. The van der Waals surface area contributed by atoms with E-state index in [0.717, 1.165) is 22.5 Å². The van der Waals surface area contributed by atoms with Gasteiger partial charge in [0.25, 0.3) is 11.8 Å². The Labute approximate surface area is 163 Å². The molecule has 1 aliphatic rings. The van der Waals surface area contributed by atoms with E-state index in [0.29, 0.717) is 17.9 Å². The van der Waals surface area contributed by atoms with Gasteiger partial charge in [0.2, 0.25) is 0 Å². The summed E-state index contributed by atoms with van der Waals surface area (Å²) in [6, 6.07) is 22.4. The molecule has 1 heterocycles. The Morgan fingerprint density at radius 2 is 1.71 bits per heavy atom. The number of ether oxygens (including phenoxy) is 1. The molecule has 0 unspecified atom stereocenters. The van der Waals surface area contributed by atoms with Gasteiger partial charge in [-0.2, -0.15) is 0 Å². The topological polar surface area (TPSA) is 58.6 Å². The van der Waals surface area contributed by atoms with E-state index in [1.165, 1.54) is 0 Å². The number of nitrogens with zero attached hydrogens (tertiary/aromatic N) is 1. The summed E-state index contributed by atoms with van der Waals surface area (Å²) >= 11 is 0. The van der Waals surface area contributed by atoms with Crippen molar-refractivity contribution in [3.8, 4) is 5.75 Å². The van der Waals surface area contributed by atoms with E-state index in [9.17, 15) is 9.59 Å². The van der Waals surface area contributed by atoms with Gasteiger partial charge in [0.15, 0.2) is 6.61 Å². The molecule has 1 aliphatic heterocycles. The average Bonchev–Trinajstić information content (AvgIpc) is 2.72. The number of para-hydroxylation sites is 2. The van der Waals surface area contributed by atoms with Crippen LogP contribution in [0.25, 0.3) is 0 Å². The molecule has 0 saturated heterocycles. The molecule has 0 fully saturated rings. The number of carbonyl (C=O) groups is 2. The summed E-state index contributed by atoms with van der Waals surface area (Å²) in [4.78, 5) is 26.4. The van der Waals surface area contributed by atoms with Crippen molar-refractivity contribution in [1.82, 2.24) is 0 Å². The number of benzene rings is 3. The van der Waals surface area contributed by atoms with Crippen LogP contribution < -0.4 is 15.0 Å². The van der Waals surface area contributed by atoms with Crippen molar-refractivity contribution < 1.29 is 14.3 Å². The highest BCUT2D eigenvalue weighted by molar-refractivity contribution is 6.04. The van der Waals surface area contributed by atoms with Gasteiger partial charge in [0.05, 0.1) is 12.2 Å². The summed E-state index contributed by atoms with van der Waals surface area (Å²) in [5, 5.41) is 2.89. The van der Waals surface area contributed by atoms with Gasteiger partial charge in [0.1, 0.15) is 5.75 Å². The molecule has 0 bridgehead atoms. The molecule has 0 saturated carbocycles. The van der Waals surface area contributed by atoms with Crippen LogP contribution in [-0.4, -0.2) is 18.4 Å². The van der Waals surface area contributed by atoms with Crippen LogP contribution in [0.1, 0.15) is 21.5 Å². The Balaban J connectivity index is 1.47. The van der Waals surface area contributed by atoms with Crippen LogP contribution in [0.3, 0.4) is 0 Å². The summed E-state index contributed by atoms with van der Waals surface area (Å²) in [5.74, 6) is 0.458. The van der Waals surface area contributed by atoms with Crippen LogP contribution in [0, 0.1) is 6.92 Å². The molecule has 5 heteroatoms. The van der Waals surface area contributed by atoms with Gasteiger partial charge >= 0.3 is 0 Å². The number of rotatable bonds is 4. The number of hydrogen-bond donors (Lipinski definition) is 1. The fourth-order valence-corrected chi connectivity index (χ4v) is 3.11. The van der Waals surface area contributed by atoms with E-state index in [-0.39, 0.29) is 18.4 Å². The standard InChI is InChI=1S/C23H20N2O3/c1-16-6-12-19(13-7-16)24-23(27)18-10-8-17(9-11-18)14-25-20-4-2-3-5-21(20)28-15-22(25)26/h2-13H,14-15H2,1H3,(H,24,27). The van der Waals surface area contributed by atoms with Crippen LogP contribution in [-0.2, 0) is 11.3 Å². The van der Waals surface area contributed by atoms with Crippen molar-refractivity contribution in [2.24, 2.45) is 0 Å². The number of carbonyl (C=O) groups excluding carboxylic acids is 2. The zero-order valence-corrected chi connectivity index (χ0v) is 15.5. The van der Waals surface area contributed by atoms with E-state index in [1.54, 1.807) is 17.0 Å². The minimum absolute atomic E-state index is 0.0358. The molecule has 1 N–H and O–H groups in total. The molecule has 2 amide bonds. The van der Waals surface area contributed by atoms with Crippen molar-refractivity contribution in [2.45, 2.75) is 13.5 Å². The van der Waals surface area contributed by atoms with Crippen LogP contribution >= 0.6 is 0 Å². The van der Waals surface area contributed by atoms with E-state index < -0.39 is 0 Å². The first-order chi connectivity index (χ1) is 13.6. The van der Waals surface area contributed by atoms with Crippen molar-refractivity contribution >= 4 is 23.2 Å². The quantitative estimate of drug-likeness (QED) is 0.748. The fourth-order valence-electron chi connectivity index (χ4n) is 3.11. The predicted molar refractivity (Wildman–Crippen MR) is 109 cm³/mol. The van der Waals surface area contributed by atoms with Crippen molar-refractivity contribution in [3.63, 3.8) is 0 Å². The normalized spacial score (nSPS) is 12.9. The zero-order chi connectivity index (χ0) is 19.5. The lowest BCUT2D eigenvalue weighted by Gasteiger charge is -2.29. The molecule has 3 aromatic rings. The first kappa shape index (κ1) is 17.8. The van der Waals surface area contributed by atoms with E-state index in [2.05, 4.69) is 5.32 Å². The maximum atomic E-state index is 12.4. The van der Waals surface area contributed by atoms with Crippen LogP contribution in [0.5, 0.6) is 5.75 Å². The molecule has 140 valence electrons. The van der Waals surface area contributed by atoms with E-state index in [4.69, 9.17) is 4.74 Å². The first-order valence-electron chi connectivity index (χ1n) is 9.09. The largest absolute Gasteiger partial charge is 0.482 e. The Morgan fingerprint density at radius 1 is 1.00 bits per heavy atom. The number of amides is 2. The van der Waals surface area contributed by atoms with Crippen LogP contribution in [0.15, 0.2) is 72.8 Å². The molecule has 0 aliphatic carbocycles. The van der Waals surface area contributed by atoms with Gasteiger partial charge in [-0.05, 0) is 48.9 Å². The number of hydrogen-bond acceptors (Lipinski definition) is 3. The van der Waals surface area contributed by atoms with Crippen molar-refractivity contribution in [1.29, 1.82) is 0 Å². The SMILES string of the molecule is Cc1ccc(NC(=O)c2ccc(CN3C(=O)COc4ccccc43)cc2)cc1. The third-order valence-electron chi connectivity index (χ3n) is 4.67. The number of anilines is 2. The molecule has 0 aromatic heterocycles. The summed E-state index contributed by atoms with van der Waals surface area (Å²) in [6.45, 7) is 2.47. The first-order valence-corrected chi connectivity index (χ1v) is 9.09. The Bertz CT molecular complexity index is 1010. The lowest BCUT2D eigenvalue weighted by molar-refractivity contribution is -0.121. The maximum absolute atomic E-state index is 12.4. The van der Waals surface area contributed by atoms with Gasteiger partial charge < -0.3 is 15.0 Å². The second-order valence-corrected chi connectivity index (χ2v) is 6.75. The second-order valence-electron chi connectivity index (χ2n) is 6.75. The number of nitrogens with one attached hydrogen (secondary N) is 1. The van der Waals surface area contributed by atoms with E-state index >= 15 is 0 Å². The van der Waals surface area contributed by atoms with Gasteiger partial charge in [-0.3, -0.25) is 9.59 Å². The molecule has 0 spiro atoms. The number of aryl methyl sites for hydroxylation is 1. The lowest BCUT2D eigenvalue weighted by Crippen LogP contribution is -2.38. The molecule has 28 heavy (non-hydrogen) atoms. The lowest BCUT2D eigenvalue weighted by atomic mass is 10.1. The Morgan fingerprint density at radius 3 is 2.46 bits per heavy atom. The molecule has 0 atom stereocenters. The summed E-state index contributed by atoms with van der Waals surface area (Å²) in [7, 11) is 0. The molecule has 5 nitrogen and oxygen atoms in total. The van der Waals surface area contributed by atoms with Crippen molar-refractivity contribution in [2.75, 3.05) is 16.8 Å². The molecular formula is C23H20N2O3. The smallest absolute Gasteiger partial charge is 0.265 e. The number of fused-ring (bicyclic) bond motifs is 1. The highest BCUT2D eigenvalue weighted by atomic mass is 16.5. The van der Waals surface area contributed by atoms with E-state index in [1.807, 2.05) is 67.6 Å². The van der Waals surface area contributed by atoms with Crippen molar-refractivity contribution in [3.05, 3.63) is 89.5 Å². The Hall–Kier alpha value is -3.60. The zero-order valence-electron chi connectivity index (χ0n) is 15.5. The van der Waals surface area contributed by atoms with Gasteiger partial charge in [-0.15, -0.1) is 0 Å². The molecule has 4 rings (SSSR count). The third kappa shape index (κ3) is 3.74. The highest BCUT2D eigenvalue weighted by Crippen LogP contribution is 2.32. The summed E-state index contributed by atoms with van der Waals surface area (Å²) in [6.07, 6.45) is 0. The Kier molecular flexibility index (Phi) is 4.81. The highest BCUT2D eigenvalue weighted by Gasteiger charge is 2.25. The molecule has 0 radical (unpaired) electrons. The molecular weight excluding hydrogens is 352 g/mol. The predicted octanol–water partition coefficient (Wildman–Crippen LogP) is 4.17. The van der Waals surface area contributed by atoms with Crippen LogP contribution in [0.4, 0.5) is 11.4 Å². The van der Waals surface area contributed by atoms with Gasteiger partial charge in [-0.1, -0.05) is 42.0 Å². The summed E-state index contributed by atoms with van der Waals surface area (Å²) in [5.41, 5.74) is 4.17. The summed E-state index contributed by atoms with van der Waals surface area (Å²) < 4.78 is 5.47. The minimum atomic E-state index is -0.164. The second kappa shape index (κ2) is 7.56.